The predicted molar refractivity (Wildman–Crippen MR) is 68.4 cm³/mol. The maximum Gasteiger partial charge on any atom is 0.195 e. The van der Waals surface area contributed by atoms with E-state index in [-0.39, 0.29) is 11.3 Å². The van der Waals surface area contributed by atoms with Crippen molar-refractivity contribution in [3.8, 4) is 0 Å². The van der Waals surface area contributed by atoms with E-state index in [1.165, 1.54) is 18.2 Å². The molecule has 0 aliphatic heterocycles. The number of para-hydroxylation sites is 1. The Morgan fingerprint density at radius 3 is 2.59 bits per heavy atom. The second-order valence-electron chi connectivity index (χ2n) is 3.54. The summed E-state index contributed by atoms with van der Waals surface area (Å²) in [5.41, 5.74) is 6.81. The zero-order chi connectivity index (χ0) is 12.4. The van der Waals surface area contributed by atoms with Crippen LogP contribution in [0.15, 0.2) is 46.9 Å². The van der Waals surface area contributed by atoms with Crippen LogP contribution in [-0.2, 0) is 0 Å². The van der Waals surface area contributed by atoms with E-state index in [1.54, 1.807) is 24.3 Å². The zero-order valence-electron chi connectivity index (χ0n) is 8.78. The largest absolute Gasteiger partial charge is 0.397 e. The van der Waals surface area contributed by atoms with Crippen molar-refractivity contribution >= 4 is 27.4 Å². The van der Waals surface area contributed by atoms with E-state index >= 15 is 0 Å². The molecule has 0 radical (unpaired) electrons. The first-order valence-electron chi connectivity index (χ1n) is 4.94. The molecule has 86 valence electrons. The summed E-state index contributed by atoms with van der Waals surface area (Å²) in [4.78, 5) is 12.1. The number of anilines is 1. The summed E-state index contributed by atoms with van der Waals surface area (Å²) in [5.74, 6) is -0.729. The molecule has 0 saturated heterocycles. The minimum Gasteiger partial charge on any atom is -0.397 e. The molecule has 0 unspecified atom stereocenters. The van der Waals surface area contributed by atoms with Crippen molar-refractivity contribution in [1.82, 2.24) is 0 Å². The Morgan fingerprint density at radius 2 is 1.88 bits per heavy atom. The third-order valence-electron chi connectivity index (χ3n) is 2.38. The molecule has 2 rings (SSSR count). The van der Waals surface area contributed by atoms with Gasteiger partial charge in [-0.3, -0.25) is 4.79 Å². The fraction of sp³-hybridized carbons (Fsp3) is 0. The maximum atomic E-state index is 13.0. The minimum absolute atomic E-state index is 0.287. The number of nitrogen functional groups attached to an aromatic ring is 1. The van der Waals surface area contributed by atoms with Crippen molar-refractivity contribution in [1.29, 1.82) is 0 Å². The van der Waals surface area contributed by atoms with Gasteiger partial charge in [0.2, 0.25) is 0 Å². The molecular formula is C13H9BrFNO. The number of rotatable bonds is 2. The molecule has 0 aromatic heterocycles. The van der Waals surface area contributed by atoms with Crippen LogP contribution in [0, 0.1) is 5.82 Å². The fourth-order valence-corrected chi connectivity index (χ4v) is 1.89. The molecule has 2 aromatic carbocycles. The summed E-state index contributed by atoms with van der Waals surface area (Å²) >= 11 is 3.25. The molecule has 0 heterocycles. The molecule has 4 heteroatoms. The Balaban J connectivity index is 2.48. The lowest BCUT2D eigenvalue weighted by molar-refractivity contribution is 0.103. The van der Waals surface area contributed by atoms with Gasteiger partial charge in [0, 0.05) is 15.6 Å². The topological polar surface area (TPSA) is 43.1 Å². The van der Waals surface area contributed by atoms with Gasteiger partial charge in [0.05, 0.1) is 5.69 Å². The van der Waals surface area contributed by atoms with E-state index in [1.807, 2.05) is 0 Å². The van der Waals surface area contributed by atoms with Crippen LogP contribution in [0.4, 0.5) is 10.1 Å². The fourth-order valence-electron chi connectivity index (χ4n) is 1.52. The summed E-state index contributed by atoms with van der Waals surface area (Å²) in [7, 11) is 0. The quantitative estimate of drug-likeness (QED) is 0.681. The summed E-state index contributed by atoms with van der Waals surface area (Å²) < 4.78 is 13.7. The van der Waals surface area contributed by atoms with Gasteiger partial charge in [0.25, 0.3) is 0 Å². The van der Waals surface area contributed by atoms with E-state index < -0.39 is 5.82 Å². The first-order chi connectivity index (χ1) is 8.09. The molecule has 2 aromatic rings. The molecule has 0 amide bonds. The van der Waals surface area contributed by atoms with E-state index in [2.05, 4.69) is 15.9 Å². The van der Waals surface area contributed by atoms with Crippen molar-refractivity contribution in [3.05, 3.63) is 63.9 Å². The molecule has 0 aliphatic carbocycles. The van der Waals surface area contributed by atoms with E-state index in [0.29, 0.717) is 15.7 Å². The maximum absolute atomic E-state index is 13.0. The Labute approximate surface area is 106 Å². The molecular weight excluding hydrogens is 285 g/mol. The molecule has 0 fully saturated rings. The average molecular weight is 294 g/mol. The molecule has 0 saturated carbocycles. The van der Waals surface area contributed by atoms with Crippen LogP contribution >= 0.6 is 15.9 Å². The van der Waals surface area contributed by atoms with Gasteiger partial charge in [0.1, 0.15) is 5.82 Å². The van der Waals surface area contributed by atoms with Gasteiger partial charge >= 0.3 is 0 Å². The highest BCUT2D eigenvalue weighted by atomic mass is 79.9. The Bertz CT molecular complexity index is 583. The normalized spacial score (nSPS) is 10.2. The number of hydrogen-bond donors (Lipinski definition) is 1. The lowest BCUT2D eigenvalue weighted by Gasteiger charge is -2.06. The van der Waals surface area contributed by atoms with E-state index in [9.17, 15) is 9.18 Å². The number of carbonyl (C=O) groups is 1. The van der Waals surface area contributed by atoms with Crippen LogP contribution in [0.5, 0.6) is 0 Å². The van der Waals surface area contributed by atoms with Gasteiger partial charge in [0.15, 0.2) is 5.78 Å². The lowest BCUT2D eigenvalue weighted by atomic mass is 10.0. The summed E-state index contributed by atoms with van der Waals surface area (Å²) in [6, 6.07) is 10.6. The van der Waals surface area contributed by atoms with Crippen molar-refractivity contribution in [2.75, 3.05) is 5.73 Å². The summed E-state index contributed by atoms with van der Waals surface area (Å²) in [6.07, 6.45) is 0. The number of carbonyl (C=O) groups excluding carboxylic acids is 1. The molecule has 2 N–H and O–H groups in total. The van der Waals surface area contributed by atoms with E-state index in [0.717, 1.165) is 0 Å². The monoisotopic (exact) mass is 293 g/mol. The first kappa shape index (κ1) is 11.8. The van der Waals surface area contributed by atoms with Gasteiger partial charge in [-0.2, -0.15) is 0 Å². The lowest BCUT2D eigenvalue weighted by Crippen LogP contribution is -2.06. The van der Waals surface area contributed by atoms with Crippen LogP contribution in [0.1, 0.15) is 15.9 Å². The van der Waals surface area contributed by atoms with Crippen molar-refractivity contribution < 1.29 is 9.18 Å². The number of ketones is 1. The smallest absolute Gasteiger partial charge is 0.195 e. The first-order valence-corrected chi connectivity index (χ1v) is 5.73. The number of hydrogen-bond acceptors (Lipinski definition) is 2. The van der Waals surface area contributed by atoms with Crippen LogP contribution in [0.3, 0.4) is 0 Å². The second-order valence-corrected chi connectivity index (χ2v) is 4.39. The van der Waals surface area contributed by atoms with E-state index in [4.69, 9.17) is 5.73 Å². The molecule has 0 atom stereocenters. The summed E-state index contributed by atoms with van der Waals surface area (Å²) in [6.45, 7) is 0. The van der Waals surface area contributed by atoms with Gasteiger partial charge < -0.3 is 5.73 Å². The highest BCUT2D eigenvalue weighted by Crippen LogP contribution is 2.25. The Morgan fingerprint density at radius 1 is 1.18 bits per heavy atom. The van der Waals surface area contributed by atoms with Crippen molar-refractivity contribution in [2.45, 2.75) is 0 Å². The van der Waals surface area contributed by atoms with Crippen LogP contribution < -0.4 is 5.73 Å². The summed E-state index contributed by atoms with van der Waals surface area (Å²) in [5, 5.41) is 0. The van der Waals surface area contributed by atoms with Crippen molar-refractivity contribution in [3.63, 3.8) is 0 Å². The molecule has 17 heavy (non-hydrogen) atoms. The zero-order valence-corrected chi connectivity index (χ0v) is 10.4. The number of nitrogens with two attached hydrogens (primary N) is 1. The van der Waals surface area contributed by atoms with Crippen LogP contribution in [-0.4, -0.2) is 5.78 Å². The van der Waals surface area contributed by atoms with Crippen LogP contribution in [0.2, 0.25) is 0 Å². The third kappa shape index (κ3) is 2.36. The van der Waals surface area contributed by atoms with Crippen LogP contribution in [0.25, 0.3) is 0 Å². The second kappa shape index (κ2) is 4.67. The van der Waals surface area contributed by atoms with Gasteiger partial charge in [-0.15, -0.1) is 0 Å². The average Bonchev–Trinajstić information content (AvgIpc) is 2.32. The highest BCUT2D eigenvalue weighted by Gasteiger charge is 2.14. The Kier molecular flexibility index (Phi) is 3.24. The Hall–Kier alpha value is -1.68. The molecule has 0 aliphatic rings. The molecule has 2 nitrogen and oxygen atoms in total. The minimum atomic E-state index is -0.440. The number of benzene rings is 2. The van der Waals surface area contributed by atoms with Gasteiger partial charge in [-0.1, -0.05) is 18.2 Å². The van der Waals surface area contributed by atoms with Gasteiger partial charge in [-0.25, -0.2) is 4.39 Å². The van der Waals surface area contributed by atoms with Gasteiger partial charge in [-0.05, 0) is 40.2 Å². The standard InChI is InChI=1S/C13H9BrFNO/c14-11-6-2-5-10(12(11)16)13(17)8-3-1-4-9(15)7-8/h1-7H,16H2. The third-order valence-corrected chi connectivity index (χ3v) is 3.08. The number of halogens is 2. The predicted octanol–water partition coefficient (Wildman–Crippen LogP) is 3.40. The highest BCUT2D eigenvalue weighted by molar-refractivity contribution is 9.10. The SMILES string of the molecule is Nc1c(Br)cccc1C(=O)c1cccc(F)c1. The van der Waals surface area contributed by atoms with Crippen molar-refractivity contribution in [2.24, 2.45) is 0 Å². The molecule has 0 bridgehead atoms. The molecule has 0 spiro atoms.